The molecule has 8 heteroatoms. The Bertz CT molecular complexity index is 838. The Labute approximate surface area is 155 Å². The molecule has 8 nitrogen and oxygen atoms in total. The molecular formula is C19H20N2O6. The molecule has 0 saturated heterocycles. The molecule has 0 spiro atoms. The number of phenolic OH excluding ortho intramolecular Hbond substituents is 2. The molecule has 0 heterocycles. The summed E-state index contributed by atoms with van der Waals surface area (Å²) < 4.78 is 0. The molecule has 0 atom stereocenters. The van der Waals surface area contributed by atoms with Crippen molar-refractivity contribution in [1.29, 1.82) is 0 Å². The third-order valence-electron chi connectivity index (χ3n) is 5.58. The van der Waals surface area contributed by atoms with Gasteiger partial charge in [0.1, 0.15) is 0 Å². The predicted molar refractivity (Wildman–Crippen MR) is 97.9 cm³/mol. The van der Waals surface area contributed by atoms with Crippen LogP contribution in [0.1, 0.15) is 43.7 Å². The van der Waals surface area contributed by atoms with Crippen LogP contribution in [0.2, 0.25) is 0 Å². The number of aromatic hydroxyl groups is 2. The Hall–Kier alpha value is -3.16. The van der Waals surface area contributed by atoms with E-state index >= 15 is 0 Å². The first kappa shape index (κ1) is 18.6. The van der Waals surface area contributed by atoms with Crippen molar-refractivity contribution in [3.8, 4) is 11.5 Å². The molecule has 0 radical (unpaired) electrons. The van der Waals surface area contributed by atoms with Gasteiger partial charge in [-0.05, 0) is 54.9 Å². The fraction of sp³-hybridized carbons (Fsp3) is 0.368. The van der Waals surface area contributed by atoms with Crippen molar-refractivity contribution in [2.24, 2.45) is 5.92 Å². The maximum atomic E-state index is 11.3. The monoisotopic (exact) mass is 372 g/mol. The molecule has 2 N–H and O–H groups in total. The highest BCUT2D eigenvalue weighted by molar-refractivity contribution is 5.55. The van der Waals surface area contributed by atoms with Gasteiger partial charge in [-0.15, -0.1) is 0 Å². The van der Waals surface area contributed by atoms with Crippen LogP contribution in [-0.4, -0.2) is 20.1 Å². The van der Waals surface area contributed by atoms with Gasteiger partial charge in [0, 0.05) is 17.5 Å². The van der Waals surface area contributed by atoms with E-state index in [-0.39, 0.29) is 0 Å². The van der Waals surface area contributed by atoms with Crippen LogP contribution in [0.3, 0.4) is 0 Å². The lowest BCUT2D eigenvalue weighted by atomic mass is 9.63. The summed E-state index contributed by atoms with van der Waals surface area (Å²) in [6, 6.07) is 8.56. The average molecular weight is 372 g/mol. The van der Waals surface area contributed by atoms with Crippen LogP contribution < -0.4 is 0 Å². The maximum absolute atomic E-state index is 11.3. The van der Waals surface area contributed by atoms with Crippen LogP contribution >= 0.6 is 0 Å². The summed E-state index contributed by atoms with van der Waals surface area (Å²) in [7, 11) is 0. The second kappa shape index (κ2) is 6.86. The molecule has 0 amide bonds. The van der Waals surface area contributed by atoms with Gasteiger partial charge < -0.3 is 10.2 Å². The normalized spacial score (nSPS) is 16.8. The molecule has 0 bridgehead atoms. The van der Waals surface area contributed by atoms with Gasteiger partial charge >= 0.3 is 11.4 Å². The van der Waals surface area contributed by atoms with Gasteiger partial charge in [0.15, 0.2) is 11.5 Å². The summed E-state index contributed by atoms with van der Waals surface area (Å²) >= 11 is 0. The van der Waals surface area contributed by atoms with Crippen molar-refractivity contribution in [1.82, 2.24) is 0 Å². The zero-order chi connectivity index (χ0) is 19.8. The Morgan fingerprint density at radius 2 is 1.30 bits per heavy atom. The third kappa shape index (κ3) is 3.30. The van der Waals surface area contributed by atoms with E-state index in [0.717, 1.165) is 12.8 Å². The average Bonchev–Trinajstić information content (AvgIpc) is 2.63. The zero-order valence-corrected chi connectivity index (χ0v) is 14.8. The van der Waals surface area contributed by atoms with Crippen LogP contribution in [0.15, 0.2) is 36.4 Å². The number of nitro groups is 2. The van der Waals surface area contributed by atoms with Crippen molar-refractivity contribution in [3.05, 3.63) is 67.8 Å². The first-order valence-corrected chi connectivity index (χ1v) is 8.70. The van der Waals surface area contributed by atoms with Crippen LogP contribution in [0.5, 0.6) is 11.5 Å². The largest absolute Gasteiger partial charge is 0.502 e. The summed E-state index contributed by atoms with van der Waals surface area (Å²) in [5.41, 5.74) is -0.154. The molecule has 1 aliphatic carbocycles. The lowest BCUT2D eigenvalue weighted by Gasteiger charge is -2.40. The lowest BCUT2D eigenvalue weighted by molar-refractivity contribution is -0.386. The van der Waals surface area contributed by atoms with Crippen molar-refractivity contribution in [3.63, 3.8) is 0 Å². The summed E-state index contributed by atoms with van der Waals surface area (Å²) in [5.74, 6) is -0.350. The highest BCUT2D eigenvalue weighted by atomic mass is 16.6. The standard InChI is InChI=1S/C19H20N2O6/c1-12-6-8-19(9-7-12,13-2-4-17(22)15(10-13)20(24)25)14-3-5-18(23)16(11-14)21(26)27/h2-5,10-12,22-23H,6-9H2,1H3. The molecule has 1 fully saturated rings. The topological polar surface area (TPSA) is 127 Å². The number of nitrogens with zero attached hydrogens (tertiary/aromatic N) is 2. The van der Waals surface area contributed by atoms with Crippen LogP contribution in [-0.2, 0) is 5.41 Å². The molecule has 1 saturated carbocycles. The maximum Gasteiger partial charge on any atom is 0.310 e. The van der Waals surface area contributed by atoms with Crippen LogP contribution in [0, 0.1) is 26.1 Å². The SMILES string of the molecule is CC1CCC(c2ccc(O)c([N+](=O)[O-])c2)(c2ccc(O)c([N+](=O)[O-])c2)CC1. The fourth-order valence-electron chi connectivity index (χ4n) is 3.93. The van der Waals surface area contributed by atoms with Crippen molar-refractivity contribution in [2.45, 2.75) is 38.0 Å². The third-order valence-corrected chi connectivity index (χ3v) is 5.58. The Morgan fingerprint density at radius 3 is 1.67 bits per heavy atom. The summed E-state index contributed by atoms with van der Waals surface area (Å²) in [6.45, 7) is 2.13. The first-order chi connectivity index (χ1) is 12.7. The second-order valence-corrected chi connectivity index (χ2v) is 7.19. The van der Waals surface area contributed by atoms with Crippen molar-refractivity contribution in [2.75, 3.05) is 0 Å². The number of hydrogen-bond donors (Lipinski definition) is 2. The molecule has 142 valence electrons. The van der Waals surface area contributed by atoms with E-state index in [4.69, 9.17) is 0 Å². The molecule has 0 unspecified atom stereocenters. The van der Waals surface area contributed by atoms with E-state index in [0.29, 0.717) is 29.9 Å². The Balaban J connectivity index is 2.20. The highest BCUT2D eigenvalue weighted by Crippen LogP contribution is 2.49. The molecule has 0 aromatic heterocycles. The molecule has 1 aliphatic rings. The van der Waals surface area contributed by atoms with E-state index in [2.05, 4.69) is 6.92 Å². The van der Waals surface area contributed by atoms with Gasteiger partial charge in [-0.2, -0.15) is 0 Å². The highest BCUT2D eigenvalue weighted by Gasteiger charge is 2.39. The molecule has 3 rings (SSSR count). The minimum atomic E-state index is -0.649. The fourth-order valence-corrected chi connectivity index (χ4v) is 3.93. The quantitative estimate of drug-likeness (QED) is 0.604. The van der Waals surface area contributed by atoms with E-state index < -0.39 is 38.1 Å². The van der Waals surface area contributed by atoms with E-state index in [1.54, 1.807) is 12.1 Å². The van der Waals surface area contributed by atoms with Gasteiger partial charge in [0.2, 0.25) is 0 Å². The van der Waals surface area contributed by atoms with Gasteiger partial charge in [-0.25, -0.2) is 0 Å². The molecule has 27 heavy (non-hydrogen) atoms. The van der Waals surface area contributed by atoms with Gasteiger partial charge in [0.25, 0.3) is 0 Å². The van der Waals surface area contributed by atoms with Crippen LogP contribution in [0.25, 0.3) is 0 Å². The van der Waals surface area contributed by atoms with Crippen LogP contribution in [0.4, 0.5) is 11.4 Å². The van der Waals surface area contributed by atoms with E-state index in [1.165, 1.54) is 24.3 Å². The van der Waals surface area contributed by atoms with Gasteiger partial charge in [0.05, 0.1) is 9.85 Å². The van der Waals surface area contributed by atoms with E-state index in [1.807, 2.05) is 0 Å². The lowest BCUT2D eigenvalue weighted by Crippen LogP contribution is -2.32. The summed E-state index contributed by atoms with van der Waals surface area (Å²) in [6.07, 6.45) is 3.06. The number of phenols is 2. The van der Waals surface area contributed by atoms with Gasteiger partial charge in [-0.3, -0.25) is 20.2 Å². The number of nitro benzene ring substituents is 2. The number of hydrogen-bond acceptors (Lipinski definition) is 6. The summed E-state index contributed by atoms with van der Waals surface area (Å²) in [5, 5.41) is 42.1. The Morgan fingerprint density at radius 1 is 0.889 bits per heavy atom. The zero-order valence-electron chi connectivity index (χ0n) is 14.8. The predicted octanol–water partition coefficient (Wildman–Crippen LogP) is 4.41. The van der Waals surface area contributed by atoms with E-state index in [9.17, 15) is 30.4 Å². The second-order valence-electron chi connectivity index (χ2n) is 7.19. The first-order valence-electron chi connectivity index (χ1n) is 8.70. The van der Waals surface area contributed by atoms with Crippen molar-refractivity contribution < 1.29 is 20.1 Å². The van der Waals surface area contributed by atoms with Crippen molar-refractivity contribution >= 4 is 11.4 Å². The van der Waals surface area contributed by atoms with Gasteiger partial charge in [-0.1, -0.05) is 19.1 Å². The molecule has 2 aromatic carbocycles. The summed E-state index contributed by atoms with van der Waals surface area (Å²) in [4.78, 5) is 21.2. The molecule has 2 aromatic rings. The Kier molecular flexibility index (Phi) is 4.73. The minimum absolute atomic E-state index is 0.390. The number of benzene rings is 2. The molecular weight excluding hydrogens is 352 g/mol. The minimum Gasteiger partial charge on any atom is -0.502 e. The number of rotatable bonds is 4. The molecule has 0 aliphatic heterocycles. The smallest absolute Gasteiger partial charge is 0.310 e.